The van der Waals surface area contributed by atoms with E-state index in [4.69, 9.17) is 5.26 Å². The lowest BCUT2D eigenvalue weighted by Crippen LogP contribution is -2.49. The van der Waals surface area contributed by atoms with E-state index >= 15 is 0 Å². The molecule has 0 unspecified atom stereocenters. The molecule has 0 aliphatic carbocycles. The molecule has 1 fully saturated rings. The van der Waals surface area contributed by atoms with Crippen molar-refractivity contribution in [3.8, 4) is 6.07 Å². The van der Waals surface area contributed by atoms with E-state index in [-0.39, 0.29) is 17.0 Å². The van der Waals surface area contributed by atoms with Gasteiger partial charge in [-0.2, -0.15) is 5.26 Å². The fourth-order valence-electron chi connectivity index (χ4n) is 2.80. The van der Waals surface area contributed by atoms with Crippen LogP contribution in [0.2, 0.25) is 0 Å². The SMILES string of the molecule is N#Cc1ccc(N2CCN(C(=O)c3ccc(F)c(F)c3)CC2)c(F)c1. The Hall–Kier alpha value is -3.01. The number of halogens is 3. The van der Waals surface area contributed by atoms with Crippen molar-refractivity contribution in [3.63, 3.8) is 0 Å². The molecule has 25 heavy (non-hydrogen) atoms. The third-order valence-electron chi connectivity index (χ3n) is 4.15. The minimum Gasteiger partial charge on any atom is -0.366 e. The Kier molecular flexibility index (Phi) is 4.61. The van der Waals surface area contributed by atoms with Crippen molar-refractivity contribution < 1.29 is 18.0 Å². The van der Waals surface area contributed by atoms with Crippen LogP contribution >= 0.6 is 0 Å². The Morgan fingerprint density at radius 3 is 2.24 bits per heavy atom. The van der Waals surface area contributed by atoms with Crippen molar-refractivity contribution in [2.45, 2.75) is 0 Å². The largest absolute Gasteiger partial charge is 0.366 e. The quantitative estimate of drug-likeness (QED) is 0.841. The van der Waals surface area contributed by atoms with Gasteiger partial charge in [0.1, 0.15) is 5.82 Å². The molecule has 1 saturated heterocycles. The van der Waals surface area contributed by atoms with Crippen LogP contribution in [-0.4, -0.2) is 37.0 Å². The van der Waals surface area contributed by atoms with Crippen molar-refractivity contribution in [3.05, 3.63) is 65.0 Å². The van der Waals surface area contributed by atoms with Gasteiger partial charge in [-0.3, -0.25) is 4.79 Å². The Bertz CT molecular complexity index is 855. The van der Waals surface area contributed by atoms with Gasteiger partial charge in [0, 0.05) is 31.7 Å². The second kappa shape index (κ2) is 6.85. The first kappa shape index (κ1) is 16.8. The highest BCUT2D eigenvalue weighted by Gasteiger charge is 2.24. The van der Waals surface area contributed by atoms with Gasteiger partial charge in [0.25, 0.3) is 5.91 Å². The molecule has 0 saturated carbocycles. The first-order valence-electron chi connectivity index (χ1n) is 7.68. The lowest BCUT2D eigenvalue weighted by molar-refractivity contribution is 0.0746. The number of carbonyl (C=O) groups excluding carboxylic acids is 1. The number of nitrogens with zero attached hydrogens (tertiary/aromatic N) is 3. The maximum Gasteiger partial charge on any atom is 0.254 e. The maximum absolute atomic E-state index is 14.1. The van der Waals surface area contributed by atoms with Crippen LogP contribution in [0.4, 0.5) is 18.9 Å². The monoisotopic (exact) mass is 345 g/mol. The summed E-state index contributed by atoms with van der Waals surface area (Å²) in [4.78, 5) is 15.7. The third kappa shape index (κ3) is 3.43. The topological polar surface area (TPSA) is 47.3 Å². The van der Waals surface area contributed by atoms with E-state index in [1.165, 1.54) is 23.1 Å². The van der Waals surface area contributed by atoms with E-state index < -0.39 is 17.5 Å². The second-order valence-electron chi connectivity index (χ2n) is 5.69. The van der Waals surface area contributed by atoms with Crippen LogP contribution in [0.15, 0.2) is 36.4 Å². The van der Waals surface area contributed by atoms with E-state index in [2.05, 4.69) is 0 Å². The van der Waals surface area contributed by atoms with E-state index in [0.717, 1.165) is 12.1 Å². The molecule has 0 bridgehead atoms. The number of carbonyl (C=O) groups is 1. The zero-order valence-corrected chi connectivity index (χ0v) is 13.2. The van der Waals surface area contributed by atoms with Crippen molar-refractivity contribution >= 4 is 11.6 Å². The summed E-state index contributed by atoms with van der Waals surface area (Å²) < 4.78 is 40.3. The van der Waals surface area contributed by atoms with Gasteiger partial charge in [-0.25, -0.2) is 13.2 Å². The highest BCUT2D eigenvalue weighted by molar-refractivity contribution is 5.94. The molecule has 1 amide bonds. The molecule has 3 rings (SSSR count). The smallest absolute Gasteiger partial charge is 0.254 e. The van der Waals surface area contributed by atoms with Crippen molar-refractivity contribution in [1.29, 1.82) is 5.26 Å². The molecule has 1 aliphatic heterocycles. The first-order chi connectivity index (χ1) is 12.0. The van der Waals surface area contributed by atoms with Crippen molar-refractivity contribution in [2.24, 2.45) is 0 Å². The van der Waals surface area contributed by atoms with Gasteiger partial charge in [-0.15, -0.1) is 0 Å². The average molecular weight is 345 g/mol. The number of amides is 1. The van der Waals surface area contributed by atoms with E-state index in [0.29, 0.717) is 31.9 Å². The Morgan fingerprint density at radius 2 is 1.64 bits per heavy atom. The molecule has 2 aromatic rings. The molecule has 1 heterocycles. The molecule has 0 atom stereocenters. The zero-order chi connectivity index (χ0) is 18.0. The van der Waals surface area contributed by atoms with Crippen LogP contribution < -0.4 is 4.90 Å². The molecule has 7 heteroatoms. The summed E-state index contributed by atoms with van der Waals surface area (Å²) in [6.07, 6.45) is 0. The van der Waals surface area contributed by atoms with E-state index in [1.807, 2.05) is 6.07 Å². The predicted octanol–water partition coefficient (Wildman–Crippen LogP) is 2.94. The lowest BCUT2D eigenvalue weighted by Gasteiger charge is -2.36. The normalized spacial score (nSPS) is 14.3. The Labute approximate surface area is 142 Å². The highest BCUT2D eigenvalue weighted by atomic mass is 19.2. The van der Waals surface area contributed by atoms with E-state index in [9.17, 15) is 18.0 Å². The Morgan fingerprint density at radius 1 is 0.920 bits per heavy atom. The van der Waals surface area contributed by atoms with Gasteiger partial charge >= 0.3 is 0 Å². The molecule has 0 aromatic heterocycles. The highest BCUT2D eigenvalue weighted by Crippen LogP contribution is 2.22. The van der Waals surface area contributed by atoms with Gasteiger partial charge < -0.3 is 9.80 Å². The summed E-state index contributed by atoms with van der Waals surface area (Å²) in [6.45, 7) is 1.46. The molecule has 2 aromatic carbocycles. The van der Waals surface area contributed by atoms with Gasteiger partial charge in [0.2, 0.25) is 0 Å². The van der Waals surface area contributed by atoms with Crippen molar-refractivity contribution in [2.75, 3.05) is 31.1 Å². The summed E-state index contributed by atoms with van der Waals surface area (Å²) in [5, 5.41) is 8.78. The summed E-state index contributed by atoms with van der Waals surface area (Å²) in [7, 11) is 0. The molecular formula is C18H14F3N3O. The molecule has 4 nitrogen and oxygen atoms in total. The second-order valence-corrected chi connectivity index (χ2v) is 5.69. The number of rotatable bonds is 2. The summed E-state index contributed by atoms with van der Waals surface area (Å²) in [6, 6.07) is 9.18. The number of anilines is 1. The van der Waals surface area contributed by atoms with Gasteiger partial charge in [-0.05, 0) is 36.4 Å². The lowest BCUT2D eigenvalue weighted by atomic mass is 10.1. The average Bonchev–Trinajstić information content (AvgIpc) is 2.63. The summed E-state index contributed by atoms with van der Waals surface area (Å²) in [5.41, 5.74) is 0.698. The predicted molar refractivity (Wildman–Crippen MR) is 85.6 cm³/mol. The molecule has 0 N–H and O–H groups in total. The number of hydrogen-bond acceptors (Lipinski definition) is 3. The van der Waals surface area contributed by atoms with Gasteiger partial charge in [0.05, 0.1) is 17.3 Å². The van der Waals surface area contributed by atoms with Crippen LogP contribution in [0.3, 0.4) is 0 Å². The first-order valence-corrected chi connectivity index (χ1v) is 7.68. The van der Waals surface area contributed by atoms with Crippen LogP contribution in [-0.2, 0) is 0 Å². The summed E-state index contributed by atoms with van der Waals surface area (Å²) >= 11 is 0. The van der Waals surface area contributed by atoms with Gasteiger partial charge in [0.15, 0.2) is 11.6 Å². The minimum absolute atomic E-state index is 0.0805. The zero-order valence-electron chi connectivity index (χ0n) is 13.2. The number of piperazine rings is 1. The Balaban J connectivity index is 1.68. The molecule has 1 aliphatic rings. The van der Waals surface area contributed by atoms with E-state index in [1.54, 1.807) is 11.0 Å². The number of nitriles is 1. The minimum atomic E-state index is -1.07. The van der Waals surface area contributed by atoms with Gasteiger partial charge in [-0.1, -0.05) is 0 Å². The standard InChI is InChI=1S/C18H14F3N3O/c19-14-3-2-13(10-15(14)20)18(25)24-7-5-23(6-8-24)17-4-1-12(11-22)9-16(17)21/h1-4,9-10H,5-8H2. The van der Waals surface area contributed by atoms with Crippen LogP contribution in [0, 0.1) is 28.8 Å². The molecule has 0 spiro atoms. The van der Waals surface area contributed by atoms with Crippen LogP contribution in [0.1, 0.15) is 15.9 Å². The molecule has 128 valence electrons. The third-order valence-corrected chi connectivity index (χ3v) is 4.15. The van der Waals surface area contributed by atoms with Crippen LogP contribution in [0.25, 0.3) is 0 Å². The van der Waals surface area contributed by atoms with Crippen molar-refractivity contribution in [1.82, 2.24) is 4.90 Å². The molecular weight excluding hydrogens is 331 g/mol. The van der Waals surface area contributed by atoms with Crippen LogP contribution in [0.5, 0.6) is 0 Å². The number of benzene rings is 2. The number of hydrogen-bond donors (Lipinski definition) is 0. The fraction of sp³-hybridized carbons (Fsp3) is 0.222. The summed E-state index contributed by atoms with van der Waals surface area (Å²) in [5.74, 6) is -2.94. The maximum atomic E-state index is 14.1. The fourth-order valence-corrected chi connectivity index (χ4v) is 2.80. The molecule has 0 radical (unpaired) electrons.